The Balaban J connectivity index is 1.76. The average molecular weight is 378 g/mol. The topological polar surface area (TPSA) is 49.9 Å². The number of rotatable bonds is 5. The summed E-state index contributed by atoms with van der Waals surface area (Å²) in [7, 11) is -0.629. The fraction of sp³-hybridized carbons (Fsp3) is 0.625. The van der Waals surface area contributed by atoms with E-state index in [-0.39, 0.29) is 30.4 Å². The Hall–Kier alpha value is -1.32. The fourth-order valence-corrected chi connectivity index (χ4v) is 5.27. The van der Waals surface area contributed by atoms with Crippen LogP contribution < -0.4 is 4.74 Å². The molecule has 1 aliphatic heterocycles. The van der Waals surface area contributed by atoms with Gasteiger partial charge in [0.2, 0.25) is 0 Å². The van der Waals surface area contributed by atoms with Gasteiger partial charge in [0.15, 0.2) is 0 Å². The van der Waals surface area contributed by atoms with E-state index in [0.29, 0.717) is 0 Å². The number of hydrogen-bond donors (Lipinski definition) is 0. The third-order valence-corrected chi connectivity index (χ3v) is 7.01. The molecule has 3 atom stereocenters. The quantitative estimate of drug-likeness (QED) is 0.792. The van der Waals surface area contributed by atoms with E-state index < -0.39 is 21.9 Å². The first-order valence-corrected chi connectivity index (χ1v) is 9.51. The Morgan fingerprint density at radius 3 is 2.64 bits per heavy atom. The van der Waals surface area contributed by atoms with Gasteiger partial charge in [-0.1, -0.05) is 6.07 Å². The molecule has 9 heteroatoms. The number of ether oxygens (including phenoxy) is 1. The molecule has 0 aromatic heterocycles. The molecular weight excluding hydrogens is 357 g/mol. The van der Waals surface area contributed by atoms with Crippen LogP contribution in [-0.4, -0.2) is 49.8 Å². The maximum atomic E-state index is 12.8. The van der Waals surface area contributed by atoms with Crippen LogP contribution in [0.2, 0.25) is 0 Å². The van der Waals surface area contributed by atoms with Gasteiger partial charge in [0.1, 0.15) is 12.4 Å². The van der Waals surface area contributed by atoms with Crippen LogP contribution in [-0.2, 0) is 16.4 Å². The normalized spacial score (nSPS) is 27.2. The second-order valence-corrected chi connectivity index (χ2v) is 8.80. The SMILES string of the molecule is CN(C)S(=O)(=O)N1[C@@H]2CC[C@@H](C2)[C@H]1COc1cccc(C(F)(F)F)c1. The van der Waals surface area contributed by atoms with E-state index in [1.165, 1.54) is 34.8 Å². The van der Waals surface area contributed by atoms with Crippen molar-refractivity contribution in [2.24, 2.45) is 5.92 Å². The number of halogens is 3. The molecule has 1 saturated heterocycles. The molecule has 0 radical (unpaired) electrons. The molecular formula is C16H21F3N2O3S. The predicted molar refractivity (Wildman–Crippen MR) is 86.3 cm³/mol. The van der Waals surface area contributed by atoms with Crippen molar-refractivity contribution in [2.45, 2.75) is 37.5 Å². The largest absolute Gasteiger partial charge is 0.492 e. The van der Waals surface area contributed by atoms with Crippen molar-refractivity contribution < 1.29 is 26.3 Å². The first-order chi connectivity index (χ1) is 11.6. The van der Waals surface area contributed by atoms with Gasteiger partial charge in [-0.25, -0.2) is 0 Å². The van der Waals surface area contributed by atoms with Gasteiger partial charge in [-0.05, 0) is 43.4 Å². The van der Waals surface area contributed by atoms with Crippen molar-refractivity contribution >= 4 is 10.2 Å². The predicted octanol–water partition coefficient (Wildman–Crippen LogP) is 2.74. The van der Waals surface area contributed by atoms with Gasteiger partial charge in [0.25, 0.3) is 10.2 Å². The second-order valence-electron chi connectivity index (χ2n) is 6.75. The molecule has 25 heavy (non-hydrogen) atoms. The Kier molecular flexibility index (Phi) is 4.76. The second kappa shape index (κ2) is 6.44. The van der Waals surface area contributed by atoms with Crippen LogP contribution in [0.5, 0.6) is 5.75 Å². The summed E-state index contributed by atoms with van der Waals surface area (Å²) in [5.74, 6) is 0.283. The molecule has 0 spiro atoms. The van der Waals surface area contributed by atoms with Gasteiger partial charge >= 0.3 is 6.18 Å². The Bertz CT molecular complexity index is 736. The summed E-state index contributed by atoms with van der Waals surface area (Å²) in [4.78, 5) is 0. The lowest BCUT2D eigenvalue weighted by atomic mass is 10.0. The van der Waals surface area contributed by atoms with E-state index in [4.69, 9.17) is 4.74 Å². The molecule has 1 saturated carbocycles. The number of nitrogens with zero attached hydrogens (tertiary/aromatic N) is 2. The van der Waals surface area contributed by atoms with Crippen LogP contribution in [0.25, 0.3) is 0 Å². The number of benzene rings is 1. The van der Waals surface area contributed by atoms with Gasteiger partial charge in [-0.3, -0.25) is 0 Å². The summed E-state index contributed by atoms with van der Waals surface area (Å²) in [6, 6.07) is 4.26. The summed E-state index contributed by atoms with van der Waals surface area (Å²) < 4.78 is 71.7. The number of piperidine rings is 1. The third kappa shape index (κ3) is 3.50. The molecule has 5 nitrogen and oxygen atoms in total. The van der Waals surface area contributed by atoms with E-state index in [0.717, 1.165) is 31.4 Å². The maximum absolute atomic E-state index is 12.8. The van der Waals surface area contributed by atoms with Gasteiger partial charge in [-0.2, -0.15) is 30.2 Å². The van der Waals surface area contributed by atoms with E-state index >= 15 is 0 Å². The van der Waals surface area contributed by atoms with Crippen LogP contribution in [0, 0.1) is 5.92 Å². The fourth-order valence-electron chi connectivity index (χ4n) is 3.75. The minimum Gasteiger partial charge on any atom is -0.492 e. The van der Waals surface area contributed by atoms with Crippen LogP contribution in [0.1, 0.15) is 24.8 Å². The zero-order valence-electron chi connectivity index (χ0n) is 14.0. The average Bonchev–Trinajstić information content (AvgIpc) is 3.13. The number of alkyl halides is 3. The number of fused-ring (bicyclic) bond motifs is 2. The maximum Gasteiger partial charge on any atom is 0.416 e. The summed E-state index contributed by atoms with van der Waals surface area (Å²) in [6.07, 6.45) is -1.92. The first kappa shape index (κ1) is 18.5. The molecule has 1 heterocycles. The van der Waals surface area contributed by atoms with E-state index in [9.17, 15) is 21.6 Å². The van der Waals surface area contributed by atoms with Crippen molar-refractivity contribution in [3.05, 3.63) is 29.8 Å². The van der Waals surface area contributed by atoms with Crippen LogP contribution >= 0.6 is 0 Å². The van der Waals surface area contributed by atoms with Crippen LogP contribution in [0.4, 0.5) is 13.2 Å². The smallest absolute Gasteiger partial charge is 0.416 e. The monoisotopic (exact) mass is 378 g/mol. The van der Waals surface area contributed by atoms with Gasteiger partial charge in [-0.15, -0.1) is 0 Å². The molecule has 1 aliphatic carbocycles. The third-order valence-electron chi connectivity index (χ3n) is 4.99. The lowest BCUT2D eigenvalue weighted by molar-refractivity contribution is -0.137. The van der Waals surface area contributed by atoms with Gasteiger partial charge in [0, 0.05) is 20.1 Å². The summed E-state index contributed by atoms with van der Waals surface area (Å²) >= 11 is 0. The lowest BCUT2D eigenvalue weighted by Gasteiger charge is -2.35. The minimum absolute atomic E-state index is 0.0486. The van der Waals surface area contributed by atoms with Crippen molar-refractivity contribution in [1.29, 1.82) is 0 Å². The Morgan fingerprint density at radius 2 is 2.00 bits per heavy atom. The highest BCUT2D eigenvalue weighted by Crippen LogP contribution is 2.44. The highest BCUT2D eigenvalue weighted by atomic mass is 32.2. The lowest BCUT2D eigenvalue weighted by Crippen LogP contribution is -2.51. The van der Waals surface area contributed by atoms with E-state index in [1.807, 2.05) is 0 Å². The van der Waals surface area contributed by atoms with E-state index in [2.05, 4.69) is 0 Å². The van der Waals surface area contributed by atoms with Crippen LogP contribution in [0.15, 0.2) is 24.3 Å². The molecule has 3 rings (SSSR count). The zero-order chi connectivity index (χ0) is 18.4. The standard InChI is InChI=1S/C16H21F3N2O3S/c1-20(2)25(22,23)21-13-7-6-11(8-13)15(21)10-24-14-5-3-4-12(9-14)16(17,18)19/h3-5,9,11,13,15H,6-8,10H2,1-2H3/t11-,13+,15+/m0/s1. The zero-order valence-corrected chi connectivity index (χ0v) is 14.8. The van der Waals surface area contributed by atoms with Crippen molar-refractivity contribution in [3.63, 3.8) is 0 Å². The molecule has 140 valence electrons. The molecule has 1 aromatic carbocycles. The minimum atomic E-state index is -4.44. The molecule has 2 fully saturated rings. The molecule has 2 aliphatic rings. The first-order valence-electron chi connectivity index (χ1n) is 8.11. The van der Waals surface area contributed by atoms with Gasteiger partial charge in [0.05, 0.1) is 11.6 Å². The Morgan fingerprint density at radius 1 is 1.28 bits per heavy atom. The van der Waals surface area contributed by atoms with E-state index in [1.54, 1.807) is 0 Å². The highest BCUT2D eigenvalue weighted by molar-refractivity contribution is 7.86. The van der Waals surface area contributed by atoms with Crippen LogP contribution in [0.3, 0.4) is 0 Å². The van der Waals surface area contributed by atoms with Crippen molar-refractivity contribution in [2.75, 3.05) is 20.7 Å². The molecule has 0 unspecified atom stereocenters. The van der Waals surface area contributed by atoms with Crippen molar-refractivity contribution in [3.8, 4) is 5.75 Å². The van der Waals surface area contributed by atoms with Crippen molar-refractivity contribution in [1.82, 2.24) is 8.61 Å². The molecule has 0 N–H and O–H groups in total. The Labute approximate surface area is 145 Å². The summed E-state index contributed by atoms with van der Waals surface area (Å²) in [5.41, 5.74) is -0.782. The molecule has 0 amide bonds. The summed E-state index contributed by atoms with van der Waals surface area (Å²) in [6.45, 7) is 0.0511. The molecule has 1 aromatic rings. The number of hydrogen-bond acceptors (Lipinski definition) is 3. The van der Waals surface area contributed by atoms with Gasteiger partial charge < -0.3 is 4.74 Å². The highest BCUT2D eigenvalue weighted by Gasteiger charge is 2.52. The summed E-state index contributed by atoms with van der Waals surface area (Å²) in [5, 5.41) is 0. The molecule has 2 bridgehead atoms.